The first-order valence-electron chi connectivity index (χ1n) is 9.62. The molecule has 1 atom stereocenters. The van der Waals surface area contributed by atoms with Crippen LogP contribution < -0.4 is 15.5 Å². The number of rotatable bonds is 7. The molecule has 2 heterocycles. The van der Waals surface area contributed by atoms with E-state index in [-0.39, 0.29) is 5.75 Å². The molecule has 0 saturated carbocycles. The zero-order valence-corrected chi connectivity index (χ0v) is 18.1. The third kappa shape index (κ3) is 4.14. The van der Waals surface area contributed by atoms with Crippen LogP contribution in [0.2, 0.25) is 0 Å². The van der Waals surface area contributed by atoms with Crippen molar-refractivity contribution in [1.82, 2.24) is 30.9 Å². The molecule has 1 aliphatic heterocycles. The normalized spacial score (nSPS) is 17.9. The molecular weight excluding hydrogens is 432 g/mol. The number of benzene rings is 2. The highest BCUT2D eigenvalue weighted by molar-refractivity contribution is 7.99. The van der Waals surface area contributed by atoms with Crippen LogP contribution in [0.1, 0.15) is 12.5 Å². The molecule has 32 heavy (non-hydrogen) atoms. The summed E-state index contributed by atoms with van der Waals surface area (Å²) in [5, 5.41) is 10.6. The van der Waals surface area contributed by atoms with Crippen molar-refractivity contribution in [1.29, 1.82) is 0 Å². The highest BCUT2D eigenvalue weighted by Crippen LogP contribution is 2.28. The number of ether oxygens (including phenoxy) is 1. The maximum atomic E-state index is 12.8. The van der Waals surface area contributed by atoms with E-state index in [9.17, 15) is 14.4 Å². The molecule has 164 valence electrons. The zero-order valence-electron chi connectivity index (χ0n) is 17.3. The second kappa shape index (κ2) is 8.71. The predicted molar refractivity (Wildman–Crippen MR) is 116 cm³/mol. The fourth-order valence-electron chi connectivity index (χ4n) is 3.18. The van der Waals surface area contributed by atoms with Gasteiger partial charge in [0.2, 0.25) is 11.1 Å². The minimum Gasteiger partial charge on any atom is -0.497 e. The summed E-state index contributed by atoms with van der Waals surface area (Å²) in [5.41, 5.74) is 2.54. The van der Waals surface area contributed by atoms with E-state index in [1.807, 2.05) is 18.2 Å². The highest BCUT2D eigenvalue weighted by Gasteiger charge is 2.49. The van der Waals surface area contributed by atoms with E-state index in [1.54, 1.807) is 50.4 Å². The Bertz CT molecular complexity index is 1150. The number of thioether (sulfide) groups is 1. The van der Waals surface area contributed by atoms with Crippen molar-refractivity contribution in [2.24, 2.45) is 0 Å². The number of carbonyl (C=O) groups excluding carboxylic acids is 3. The molecule has 1 saturated heterocycles. The van der Waals surface area contributed by atoms with E-state index in [1.165, 1.54) is 0 Å². The Hall–Kier alpha value is -3.86. The van der Waals surface area contributed by atoms with Crippen LogP contribution >= 0.6 is 11.8 Å². The number of hydrogen-bond acceptors (Lipinski definition) is 7. The molecule has 0 bridgehead atoms. The van der Waals surface area contributed by atoms with Crippen molar-refractivity contribution in [2.45, 2.75) is 17.6 Å². The largest absolute Gasteiger partial charge is 0.497 e. The molecule has 0 spiro atoms. The SMILES string of the molecule is COc1ccc(-c2nc(SCC(=O)NN3C(=O)N[C@](C)(c4ccccc4)C3=O)n[nH]2)cc1. The van der Waals surface area contributed by atoms with Crippen LogP contribution in [0.3, 0.4) is 0 Å². The first-order valence-corrected chi connectivity index (χ1v) is 10.6. The van der Waals surface area contributed by atoms with E-state index in [2.05, 4.69) is 25.9 Å². The van der Waals surface area contributed by atoms with Gasteiger partial charge in [-0.3, -0.25) is 20.1 Å². The predicted octanol–water partition coefficient (Wildman–Crippen LogP) is 2.07. The lowest BCUT2D eigenvalue weighted by atomic mass is 9.92. The average Bonchev–Trinajstić information content (AvgIpc) is 3.37. The Morgan fingerprint density at radius 3 is 2.56 bits per heavy atom. The number of hydrazine groups is 1. The quantitative estimate of drug-likeness (QED) is 0.370. The summed E-state index contributed by atoms with van der Waals surface area (Å²) < 4.78 is 5.13. The van der Waals surface area contributed by atoms with Crippen LogP contribution in [-0.2, 0) is 15.1 Å². The minimum atomic E-state index is -1.25. The summed E-state index contributed by atoms with van der Waals surface area (Å²) in [6, 6.07) is 15.4. The summed E-state index contributed by atoms with van der Waals surface area (Å²) in [7, 11) is 1.59. The lowest BCUT2D eigenvalue weighted by molar-refractivity contribution is -0.138. The average molecular weight is 452 g/mol. The Labute approximate surface area is 187 Å². The summed E-state index contributed by atoms with van der Waals surface area (Å²) in [4.78, 5) is 41.9. The van der Waals surface area contributed by atoms with Gasteiger partial charge in [-0.25, -0.2) is 9.78 Å². The molecular formula is C21H20N6O4S. The standard InChI is InChI=1S/C21H20N6O4S/c1-21(14-6-4-3-5-7-14)18(29)27(20(30)23-21)26-16(28)12-32-19-22-17(24-25-19)13-8-10-15(31-2)11-9-13/h3-11H,12H2,1-2H3,(H,23,30)(H,26,28)(H,22,24,25)/t21-/m1/s1. The molecule has 4 amide bonds. The van der Waals surface area contributed by atoms with Gasteiger partial charge < -0.3 is 10.1 Å². The minimum absolute atomic E-state index is 0.0843. The van der Waals surface area contributed by atoms with E-state index in [0.717, 1.165) is 23.1 Å². The Balaban J connectivity index is 1.36. The van der Waals surface area contributed by atoms with Crippen molar-refractivity contribution < 1.29 is 19.1 Å². The molecule has 0 aliphatic carbocycles. The number of urea groups is 1. The number of imide groups is 1. The van der Waals surface area contributed by atoms with Gasteiger partial charge in [0.15, 0.2) is 5.82 Å². The van der Waals surface area contributed by atoms with E-state index >= 15 is 0 Å². The van der Waals surface area contributed by atoms with Gasteiger partial charge in [-0.2, -0.15) is 5.01 Å². The fourth-order valence-corrected chi connectivity index (χ4v) is 3.77. The number of nitrogens with zero attached hydrogens (tertiary/aromatic N) is 3. The maximum Gasteiger partial charge on any atom is 0.344 e. The second-order valence-electron chi connectivity index (χ2n) is 7.08. The highest BCUT2D eigenvalue weighted by atomic mass is 32.2. The first-order chi connectivity index (χ1) is 15.4. The number of amides is 4. The van der Waals surface area contributed by atoms with Gasteiger partial charge in [0, 0.05) is 5.56 Å². The third-order valence-corrected chi connectivity index (χ3v) is 5.79. The van der Waals surface area contributed by atoms with Gasteiger partial charge in [0.1, 0.15) is 11.3 Å². The number of hydrogen-bond donors (Lipinski definition) is 3. The Morgan fingerprint density at radius 1 is 1.16 bits per heavy atom. The second-order valence-corrected chi connectivity index (χ2v) is 8.02. The van der Waals surface area contributed by atoms with Gasteiger partial charge >= 0.3 is 6.03 Å². The lowest BCUT2D eigenvalue weighted by Crippen LogP contribution is -2.48. The maximum absolute atomic E-state index is 12.8. The number of nitrogens with one attached hydrogen (secondary N) is 3. The van der Waals surface area contributed by atoms with Gasteiger partial charge in [0.25, 0.3) is 5.91 Å². The molecule has 10 nitrogen and oxygen atoms in total. The molecule has 3 aromatic rings. The summed E-state index contributed by atoms with van der Waals surface area (Å²) in [5.74, 6) is 0.0870. The van der Waals surface area contributed by atoms with Crippen LogP contribution in [-0.4, -0.2) is 50.9 Å². The number of aromatic amines is 1. The summed E-state index contributed by atoms with van der Waals surface area (Å²) in [6.45, 7) is 1.60. The van der Waals surface area contributed by atoms with Gasteiger partial charge in [0.05, 0.1) is 12.9 Å². The van der Waals surface area contributed by atoms with Crippen molar-refractivity contribution in [3.63, 3.8) is 0 Å². The molecule has 2 aromatic carbocycles. The van der Waals surface area contributed by atoms with Gasteiger partial charge in [-0.05, 0) is 36.8 Å². The van der Waals surface area contributed by atoms with Crippen molar-refractivity contribution >= 4 is 29.6 Å². The molecule has 0 radical (unpaired) electrons. The van der Waals surface area contributed by atoms with Gasteiger partial charge in [-0.1, -0.05) is 42.1 Å². The lowest BCUT2D eigenvalue weighted by Gasteiger charge is -2.22. The van der Waals surface area contributed by atoms with Gasteiger partial charge in [-0.15, -0.1) is 5.10 Å². The first kappa shape index (κ1) is 21.4. The molecule has 4 rings (SSSR count). The number of methoxy groups -OCH3 is 1. The summed E-state index contributed by atoms with van der Waals surface area (Å²) in [6.07, 6.45) is 0. The molecule has 11 heteroatoms. The number of H-pyrrole nitrogens is 1. The molecule has 0 unspecified atom stereocenters. The van der Waals surface area contributed by atoms with Crippen molar-refractivity contribution in [3.8, 4) is 17.1 Å². The molecule has 1 aliphatic rings. The monoisotopic (exact) mass is 452 g/mol. The van der Waals surface area contributed by atoms with Crippen LogP contribution in [0.5, 0.6) is 5.75 Å². The smallest absolute Gasteiger partial charge is 0.344 e. The summed E-state index contributed by atoms with van der Waals surface area (Å²) >= 11 is 1.07. The van der Waals surface area contributed by atoms with Crippen LogP contribution in [0.25, 0.3) is 11.4 Å². The molecule has 1 fully saturated rings. The molecule has 3 N–H and O–H groups in total. The van der Waals surface area contributed by atoms with Crippen LogP contribution in [0.4, 0.5) is 4.79 Å². The van der Waals surface area contributed by atoms with E-state index < -0.39 is 23.4 Å². The third-order valence-electron chi connectivity index (χ3n) is 4.94. The zero-order chi connectivity index (χ0) is 22.7. The van der Waals surface area contributed by atoms with Crippen molar-refractivity contribution in [3.05, 3.63) is 60.2 Å². The molecule has 1 aromatic heterocycles. The van der Waals surface area contributed by atoms with E-state index in [4.69, 9.17) is 4.74 Å². The topological polar surface area (TPSA) is 129 Å². The van der Waals surface area contributed by atoms with Crippen LogP contribution in [0, 0.1) is 0 Å². The Kier molecular flexibility index (Phi) is 5.82. The van der Waals surface area contributed by atoms with Crippen molar-refractivity contribution in [2.75, 3.05) is 12.9 Å². The van der Waals surface area contributed by atoms with Crippen LogP contribution in [0.15, 0.2) is 59.8 Å². The number of aromatic nitrogens is 3. The fraction of sp³-hybridized carbons (Fsp3) is 0.190. The Morgan fingerprint density at radius 2 is 1.88 bits per heavy atom. The number of carbonyl (C=O) groups is 3. The van der Waals surface area contributed by atoms with E-state index in [0.29, 0.717) is 21.6 Å².